The van der Waals surface area contributed by atoms with Crippen molar-refractivity contribution in [2.45, 2.75) is 61.6 Å². The molecular weight excluding hydrogens is 395 g/mol. The van der Waals surface area contributed by atoms with Gasteiger partial charge in [-0.05, 0) is 44.2 Å². The minimum Gasteiger partial charge on any atom is -0.324 e. The minimum absolute atomic E-state index is 0.430. The van der Waals surface area contributed by atoms with Gasteiger partial charge in [0, 0.05) is 7.05 Å². The average Bonchev–Trinajstić information content (AvgIpc) is 3.08. The fourth-order valence-corrected chi connectivity index (χ4v) is 2.56. The van der Waals surface area contributed by atoms with Gasteiger partial charge in [0.05, 0.1) is 23.1 Å². The van der Waals surface area contributed by atoms with E-state index in [9.17, 15) is 13.2 Å². The second-order valence-corrected chi connectivity index (χ2v) is 6.60. The molecule has 1 heterocycles. The quantitative estimate of drug-likeness (QED) is 0.260. The van der Waals surface area contributed by atoms with Crippen molar-refractivity contribution in [3.8, 4) is 0 Å². The molecule has 1 rings (SSSR count). The average molecular weight is 430 g/mol. The summed E-state index contributed by atoms with van der Waals surface area (Å²) in [5.41, 5.74) is 4.70. The first-order chi connectivity index (χ1) is 13.6. The van der Waals surface area contributed by atoms with E-state index in [0.717, 1.165) is 26.3 Å². The topological polar surface area (TPSA) is 30.2 Å². The Kier molecular flexibility index (Phi) is 15.0. The van der Waals surface area contributed by atoms with Gasteiger partial charge in [0.25, 0.3) is 0 Å². The molecule has 0 bridgehead atoms. The van der Waals surface area contributed by atoms with E-state index in [4.69, 9.17) is 0 Å². The van der Waals surface area contributed by atoms with E-state index < -0.39 is 12.0 Å². The Morgan fingerprint density at radius 3 is 2.10 bits per heavy atom. The van der Waals surface area contributed by atoms with E-state index in [-0.39, 0.29) is 0 Å². The van der Waals surface area contributed by atoms with Crippen molar-refractivity contribution in [3.05, 3.63) is 58.7 Å². The van der Waals surface area contributed by atoms with E-state index in [1.807, 2.05) is 54.5 Å². The highest BCUT2D eigenvalue weighted by Gasteiger charge is 2.36. The predicted molar refractivity (Wildman–Crippen MR) is 123 cm³/mol. The van der Waals surface area contributed by atoms with Gasteiger partial charge in [0.1, 0.15) is 0 Å². The van der Waals surface area contributed by atoms with Crippen LogP contribution in [0.2, 0.25) is 0 Å². The van der Waals surface area contributed by atoms with Crippen molar-refractivity contribution in [1.29, 1.82) is 0 Å². The summed E-state index contributed by atoms with van der Waals surface area (Å²) in [4.78, 5) is 8.73. The van der Waals surface area contributed by atoms with Crippen LogP contribution in [0.15, 0.2) is 52.2 Å². The third-order valence-electron chi connectivity index (χ3n) is 3.48. The zero-order chi connectivity index (χ0) is 23.2. The second-order valence-electron chi connectivity index (χ2n) is 5.54. The van der Waals surface area contributed by atoms with Gasteiger partial charge in [-0.2, -0.15) is 13.2 Å². The molecule has 0 aliphatic heterocycles. The summed E-state index contributed by atoms with van der Waals surface area (Å²) in [7, 11) is 1.36. The third-order valence-corrected chi connectivity index (χ3v) is 4.35. The van der Waals surface area contributed by atoms with Crippen LogP contribution in [0.25, 0.3) is 5.57 Å². The zero-order valence-corrected chi connectivity index (χ0v) is 19.8. The zero-order valence-electron chi connectivity index (χ0n) is 19.0. The molecule has 1 aromatic rings. The molecule has 0 spiro atoms. The maximum Gasteiger partial charge on any atom is 0.449 e. The summed E-state index contributed by atoms with van der Waals surface area (Å²) in [5, 5.41) is 0. The van der Waals surface area contributed by atoms with Crippen molar-refractivity contribution in [3.63, 3.8) is 0 Å². The lowest BCUT2D eigenvalue weighted by Gasteiger charge is -2.10. The van der Waals surface area contributed by atoms with Gasteiger partial charge >= 0.3 is 6.18 Å². The molecule has 29 heavy (non-hydrogen) atoms. The van der Waals surface area contributed by atoms with Gasteiger partial charge in [-0.15, -0.1) is 0 Å². The number of hydrogen-bond donors (Lipinski definition) is 0. The Morgan fingerprint density at radius 2 is 1.69 bits per heavy atom. The first-order valence-electron chi connectivity index (χ1n) is 9.52. The number of aliphatic imine (C=N–C) groups is 1. The molecule has 0 aliphatic rings. The monoisotopic (exact) mass is 429 g/mol. The molecule has 0 saturated carbocycles. The first-order valence-corrected chi connectivity index (χ1v) is 10.4. The van der Waals surface area contributed by atoms with Gasteiger partial charge in [-0.3, -0.25) is 0 Å². The van der Waals surface area contributed by atoms with E-state index in [2.05, 4.69) is 16.6 Å². The molecule has 0 fully saturated rings. The highest BCUT2D eigenvalue weighted by atomic mass is 32.2. The fraction of sp³-hybridized carbons (Fsp3) is 0.455. The Morgan fingerprint density at radius 1 is 1.14 bits per heavy atom. The Bertz CT molecular complexity index is 748. The molecule has 0 aliphatic carbocycles. The first kappa shape index (κ1) is 29.2. The SMILES string of the molecule is C=C/C=C\C(N=CS/C(C)=C(\C)c1cnc(C(F)(F)F)n1C)=C(C)C.CC.CC. The van der Waals surface area contributed by atoms with Gasteiger partial charge in [-0.25, -0.2) is 9.98 Å². The lowest BCUT2D eigenvalue weighted by molar-refractivity contribution is -0.146. The second kappa shape index (κ2) is 14.9. The molecule has 0 N–H and O–H groups in total. The fourth-order valence-electron chi connectivity index (χ4n) is 1.95. The van der Waals surface area contributed by atoms with E-state index in [1.54, 1.807) is 24.6 Å². The van der Waals surface area contributed by atoms with Gasteiger partial charge < -0.3 is 4.57 Å². The molecule has 1 aromatic heterocycles. The summed E-state index contributed by atoms with van der Waals surface area (Å²) in [5.74, 6) is -0.908. The summed E-state index contributed by atoms with van der Waals surface area (Å²) in [6.07, 6.45) is 2.09. The van der Waals surface area contributed by atoms with Crippen molar-refractivity contribution < 1.29 is 13.2 Å². The highest BCUT2D eigenvalue weighted by Crippen LogP contribution is 2.31. The number of halogens is 3. The lowest BCUT2D eigenvalue weighted by atomic mass is 10.2. The van der Waals surface area contributed by atoms with E-state index in [0.29, 0.717) is 5.69 Å². The van der Waals surface area contributed by atoms with Crippen LogP contribution in [-0.4, -0.2) is 15.1 Å². The standard InChI is InChI=1S/C18H22F3N3S.2C2H6/c1-7-8-9-15(12(2)3)23-11-25-14(5)13(4)16-10-22-17(24(16)6)18(19,20)21;2*1-2/h7-11H,1H2,2-6H3;2*1-2H3/b9-8-,14-13+,23-11?;;. The van der Waals surface area contributed by atoms with Crippen LogP contribution in [0.5, 0.6) is 0 Å². The summed E-state index contributed by atoms with van der Waals surface area (Å²) < 4.78 is 39.6. The van der Waals surface area contributed by atoms with Gasteiger partial charge in [0.15, 0.2) is 0 Å². The maximum absolute atomic E-state index is 12.9. The molecule has 3 nitrogen and oxygen atoms in total. The van der Waals surface area contributed by atoms with E-state index in [1.165, 1.54) is 25.0 Å². The molecule has 0 aromatic carbocycles. The third kappa shape index (κ3) is 9.83. The number of imidazole rings is 1. The molecule has 0 saturated heterocycles. The number of hydrogen-bond acceptors (Lipinski definition) is 3. The van der Waals surface area contributed by atoms with Crippen molar-refractivity contribution in [1.82, 2.24) is 9.55 Å². The molecule has 164 valence electrons. The molecule has 0 radical (unpaired) electrons. The van der Waals surface area contributed by atoms with Gasteiger partial charge in [-0.1, -0.05) is 63.8 Å². The molecule has 0 amide bonds. The summed E-state index contributed by atoms with van der Waals surface area (Å²) in [6, 6.07) is 0. The number of aromatic nitrogens is 2. The number of thioether (sulfide) groups is 1. The van der Waals surface area contributed by atoms with Crippen LogP contribution in [0, 0.1) is 0 Å². The smallest absolute Gasteiger partial charge is 0.324 e. The predicted octanol–water partition coefficient (Wildman–Crippen LogP) is 8.04. The van der Waals surface area contributed by atoms with Crippen LogP contribution >= 0.6 is 11.8 Å². The molecule has 0 unspecified atom stereocenters. The Hall–Kier alpha value is -2.02. The molecule has 0 atom stereocenters. The van der Waals surface area contributed by atoms with Crippen LogP contribution in [0.1, 0.15) is 66.9 Å². The van der Waals surface area contributed by atoms with Crippen LogP contribution in [0.3, 0.4) is 0 Å². The maximum atomic E-state index is 12.9. The highest BCUT2D eigenvalue weighted by molar-refractivity contribution is 8.15. The van der Waals surface area contributed by atoms with Crippen LogP contribution in [0.4, 0.5) is 13.2 Å². The Labute approximate surface area is 178 Å². The normalized spacial score (nSPS) is 12.0. The van der Waals surface area contributed by atoms with Crippen LogP contribution < -0.4 is 0 Å². The number of nitrogens with zero attached hydrogens (tertiary/aromatic N) is 3. The van der Waals surface area contributed by atoms with Crippen molar-refractivity contribution in [2.24, 2.45) is 12.0 Å². The van der Waals surface area contributed by atoms with Crippen molar-refractivity contribution in [2.75, 3.05) is 0 Å². The molecule has 7 heteroatoms. The summed E-state index contributed by atoms with van der Waals surface area (Å²) >= 11 is 1.36. The van der Waals surface area contributed by atoms with Gasteiger partial charge in [0.2, 0.25) is 5.82 Å². The van der Waals surface area contributed by atoms with Crippen molar-refractivity contribution >= 4 is 22.9 Å². The Balaban J connectivity index is 0. The largest absolute Gasteiger partial charge is 0.449 e. The minimum atomic E-state index is -4.47. The summed E-state index contributed by atoms with van der Waals surface area (Å²) in [6.45, 7) is 19.1. The van der Waals surface area contributed by atoms with Crippen LogP contribution in [-0.2, 0) is 13.2 Å². The number of allylic oxidation sites excluding steroid dienone is 6. The molecular formula is C22H34F3N3S. The lowest BCUT2D eigenvalue weighted by Crippen LogP contribution is -2.13. The van der Waals surface area contributed by atoms with E-state index >= 15 is 0 Å². The number of alkyl halides is 3. The number of rotatable bonds is 6.